The highest BCUT2D eigenvalue weighted by Gasteiger charge is 2.25. The highest BCUT2D eigenvalue weighted by molar-refractivity contribution is 6.31. The lowest BCUT2D eigenvalue weighted by Gasteiger charge is -2.21. The topological polar surface area (TPSA) is 97.4 Å². The fourth-order valence-corrected chi connectivity index (χ4v) is 3.78. The molecule has 0 fully saturated rings. The number of halogens is 1. The summed E-state index contributed by atoms with van der Waals surface area (Å²) >= 11 is 6.03. The summed E-state index contributed by atoms with van der Waals surface area (Å²) in [6.45, 7) is 3.55. The molecule has 31 heavy (non-hydrogen) atoms. The molecule has 158 valence electrons. The number of rotatable bonds is 6. The van der Waals surface area contributed by atoms with E-state index < -0.39 is 18.0 Å². The smallest absolute Gasteiger partial charge is 0.307 e. The van der Waals surface area contributed by atoms with Gasteiger partial charge in [0.25, 0.3) is 5.91 Å². The van der Waals surface area contributed by atoms with Crippen molar-refractivity contribution in [1.29, 1.82) is 0 Å². The highest BCUT2D eigenvalue weighted by atomic mass is 35.5. The quantitative estimate of drug-likeness (QED) is 0.462. The lowest BCUT2D eigenvalue weighted by Crippen LogP contribution is -2.34. The molecule has 0 saturated heterocycles. The zero-order valence-corrected chi connectivity index (χ0v) is 17.7. The first-order chi connectivity index (χ1) is 14.8. The molecule has 2 heterocycles. The van der Waals surface area contributed by atoms with Crippen LogP contribution in [-0.4, -0.2) is 26.8 Å². The van der Waals surface area contributed by atoms with Gasteiger partial charge in [-0.05, 0) is 43.7 Å². The van der Waals surface area contributed by atoms with Crippen LogP contribution in [0.5, 0.6) is 0 Å². The van der Waals surface area contributed by atoms with E-state index in [1.54, 1.807) is 42.8 Å². The van der Waals surface area contributed by atoms with Gasteiger partial charge in [-0.15, -0.1) is 0 Å². The van der Waals surface area contributed by atoms with Crippen molar-refractivity contribution in [1.82, 2.24) is 15.1 Å². The van der Waals surface area contributed by atoms with E-state index in [9.17, 15) is 14.7 Å². The van der Waals surface area contributed by atoms with Crippen LogP contribution in [-0.2, 0) is 11.2 Å². The van der Waals surface area contributed by atoms with E-state index in [4.69, 9.17) is 16.0 Å². The molecular formula is C23H20ClN3O4. The number of nitrogens with zero attached hydrogens (tertiary/aromatic N) is 2. The largest absolute Gasteiger partial charge is 0.481 e. The number of benzene rings is 2. The van der Waals surface area contributed by atoms with Crippen molar-refractivity contribution < 1.29 is 19.1 Å². The van der Waals surface area contributed by atoms with E-state index in [0.717, 1.165) is 10.9 Å². The van der Waals surface area contributed by atoms with E-state index in [-0.39, 0.29) is 12.2 Å². The van der Waals surface area contributed by atoms with Crippen LogP contribution in [0.2, 0.25) is 5.02 Å². The number of carbonyl (C=O) groups is 2. The second-order valence-electron chi connectivity index (χ2n) is 7.24. The second kappa shape index (κ2) is 8.28. The minimum absolute atomic E-state index is 0.141. The van der Waals surface area contributed by atoms with Gasteiger partial charge in [0.2, 0.25) is 0 Å². The van der Waals surface area contributed by atoms with E-state index >= 15 is 0 Å². The maximum absolute atomic E-state index is 13.1. The van der Waals surface area contributed by atoms with Gasteiger partial charge in [-0.1, -0.05) is 41.9 Å². The van der Waals surface area contributed by atoms with Gasteiger partial charge in [-0.25, -0.2) is 4.68 Å². The molecule has 0 aliphatic heterocycles. The molecule has 1 atom stereocenters. The molecule has 2 aromatic heterocycles. The SMILES string of the molecule is Cc1nn(C(NC(=O)c2cc3cc(Cl)ccc3o2)c2ccccc2)c(C)c1CC(=O)O. The summed E-state index contributed by atoms with van der Waals surface area (Å²) in [4.78, 5) is 24.3. The Kier molecular flexibility index (Phi) is 5.52. The first-order valence-electron chi connectivity index (χ1n) is 9.65. The van der Waals surface area contributed by atoms with Gasteiger partial charge in [-0.3, -0.25) is 9.59 Å². The third-order valence-corrected chi connectivity index (χ3v) is 5.37. The number of carbonyl (C=O) groups excluding carboxylic acids is 1. The molecule has 0 saturated carbocycles. The number of aryl methyl sites for hydroxylation is 1. The summed E-state index contributed by atoms with van der Waals surface area (Å²) in [5.74, 6) is -1.22. The Bertz CT molecular complexity index is 1280. The van der Waals surface area contributed by atoms with Gasteiger partial charge in [0.1, 0.15) is 11.7 Å². The van der Waals surface area contributed by atoms with Crippen molar-refractivity contribution in [2.45, 2.75) is 26.4 Å². The Morgan fingerprint density at radius 3 is 2.61 bits per heavy atom. The van der Waals surface area contributed by atoms with E-state index in [1.807, 2.05) is 30.3 Å². The van der Waals surface area contributed by atoms with Crippen molar-refractivity contribution >= 4 is 34.4 Å². The van der Waals surface area contributed by atoms with Crippen molar-refractivity contribution in [2.75, 3.05) is 0 Å². The molecule has 4 rings (SSSR count). The third kappa shape index (κ3) is 4.18. The number of nitrogens with one attached hydrogen (secondary N) is 1. The predicted molar refractivity (Wildman–Crippen MR) is 116 cm³/mol. The van der Waals surface area contributed by atoms with Gasteiger partial charge < -0.3 is 14.8 Å². The Morgan fingerprint density at radius 1 is 1.16 bits per heavy atom. The molecule has 4 aromatic rings. The Morgan fingerprint density at radius 2 is 1.90 bits per heavy atom. The van der Waals surface area contributed by atoms with Crippen molar-refractivity contribution in [3.63, 3.8) is 0 Å². The molecule has 0 aliphatic carbocycles. The first kappa shape index (κ1) is 20.7. The first-order valence-corrected chi connectivity index (χ1v) is 10.0. The van der Waals surface area contributed by atoms with Crippen LogP contribution in [0.15, 0.2) is 59.0 Å². The van der Waals surface area contributed by atoms with E-state index in [0.29, 0.717) is 27.6 Å². The minimum atomic E-state index is -0.938. The van der Waals surface area contributed by atoms with Crippen LogP contribution >= 0.6 is 11.6 Å². The molecule has 2 aromatic carbocycles. The fourth-order valence-electron chi connectivity index (χ4n) is 3.60. The van der Waals surface area contributed by atoms with Crippen LogP contribution in [0.3, 0.4) is 0 Å². The van der Waals surface area contributed by atoms with E-state index in [1.165, 1.54) is 0 Å². The third-order valence-electron chi connectivity index (χ3n) is 5.13. The average molecular weight is 438 g/mol. The molecule has 0 spiro atoms. The second-order valence-corrected chi connectivity index (χ2v) is 7.68. The number of fused-ring (bicyclic) bond motifs is 1. The summed E-state index contributed by atoms with van der Waals surface area (Å²) in [6.07, 6.45) is -0.788. The summed E-state index contributed by atoms with van der Waals surface area (Å²) < 4.78 is 7.33. The number of amides is 1. The van der Waals surface area contributed by atoms with E-state index in [2.05, 4.69) is 10.4 Å². The average Bonchev–Trinajstić information content (AvgIpc) is 3.28. The zero-order chi connectivity index (χ0) is 22.1. The Labute approximate surface area is 183 Å². The number of hydrogen-bond donors (Lipinski definition) is 2. The number of aliphatic carboxylic acids is 1. The number of furan rings is 1. The fraction of sp³-hybridized carbons (Fsp3) is 0.174. The van der Waals surface area contributed by atoms with Gasteiger partial charge in [-0.2, -0.15) is 5.10 Å². The van der Waals surface area contributed by atoms with Gasteiger partial charge in [0.05, 0.1) is 12.1 Å². The van der Waals surface area contributed by atoms with Crippen LogP contribution in [0.4, 0.5) is 0 Å². The van der Waals surface area contributed by atoms with Gasteiger partial charge in [0, 0.05) is 21.7 Å². The summed E-state index contributed by atoms with van der Waals surface area (Å²) in [5, 5.41) is 18.0. The zero-order valence-electron chi connectivity index (χ0n) is 16.9. The van der Waals surface area contributed by atoms with Crippen LogP contribution in [0.25, 0.3) is 11.0 Å². The van der Waals surface area contributed by atoms with Crippen molar-refractivity contribution in [3.8, 4) is 0 Å². The summed E-state index contributed by atoms with van der Waals surface area (Å²) in [5.41, 5.74) is 3.25. The lowest BCUT2D eigenvalue weighted by molar-refractivity contribution is -0.136. The van der Waals surface area contributed by atoms with Crippen molar-refractivity contribution in [3.05, 3.63) is 87.9 Å². The van der Waals surface area contributed by atoms with Gasteiger partial charge >= 0.3 is 5.97 Å². The van der Waals surface area contributed by atoms with Crippen molar-refractivity contribution in [2.24, 2.45) is 0 Å². The number of hydrogen-bond acceptors (Lipinski definition) is 4. The van der Waals surface area contributed by atoms with Crippen LogP contribution < -0.4 is 5.32 Å². The molecule has 0 bridgehead atoms. The Hall–Kier alpha value is -3.58. The predicted octanol–water partition coefficient (Wildman–Crippen LogP) is 4.50. The molecule has 0 radical (unpaired) electrons. The highest BCUT2D eigenvalue weighted by Crippen LogP contribution is 2.25. The minimum Gasteiger partial charge on any atom is -0.481 e. The number of carboxylic acids is 1. The summed E-state index contributed by atoms with van der Waals surface area (Å²) in [7, 11) is 0. The molecule has 1 unspecified atom stereocenters. The molecular weight excluding hydrogens is 418 g/mol. The van der Waals surface area contributed by atoms with Gasteiger partial charge in [0.15, 0.2) is 5.76 Å². The lowest BCUT2D eigenvalue weighted by atomic mass is 10.1. The Balaban J connectivity index is 1.72. The molecule has 8 heteroatoms. The van der Waals surface area contributed by atoms with Crippen LogP contribution in [0, 0.1) is 13.8 Å². The maximum atomic E-state index is 13.1. The number of carboxylic acid groups (broad SMARTS) is 1. The van der Waals surface area contributed by atoms with Crippen LogP contribution in [0.1, 0.15) is 39.2 Å². The normalized spacial score (nSPS) is 12.1. The summed E-state index contributed by atoms with van der Waals surface area (Å²) in [6, 6.07) is 16.1. The molecule has 7 nitrogen and oxygen atoms in total. The molecule has 0 aliphatic rings. The molecule has 1 amide bonds. The number of aromatic nitrogens is 2. The molecule has 2 N–H and O–H groups in total. The standard InChI is InChI=1S/C23H20ClN3O4/c1-13-18(12-21(28)29)14(2)27(26-13)22(15-6-4-3-5-7-15)25-23(30)20-11-16-10-17(24)8-9-19(16)31-20/h3-11,22H,12H2,1-2H3,(H,25,30)(H,28,29). The maximum Gasteiger partial charge on any atom is 0.307 e. The monoisotopic (exact) mass is 437 g/mol.